The Labute approximate surface area is 147 Å². The van der Waals surface area contributed by atoms with Crippen molar-refractivity contribution in [2.24, 2.45) is 5.14 Å². The van der Waals surface area contributed by atoms with Crippen molar-refractivity contribution < 1.29 is 13.2 Å². The summed E-state index contributed by atoms with van der Waals surface area (Å²) in [5.41, 5.74) is 1.08. The number of hydrogen-bond acceptors (Lipinski definition) is 6. The van der Waals surface area contributed by atoms with Crippen molar-refractivity contribution in [3.05, 3.63) is 42.6 Å². The maximum atomic E-state index is 11.7. The summed E-state index contributed by atoms with van der Waals surface area (Å²) in [6.07, 6.45) is 3.28. The Hall–Kier alpha value is -2.32. The lowest BCUT2D eigenvalue weighted by Crippen LogP contribution is -2.39. The molecule has 0 aliphatic carbocycles. The molecule has 0 amide bonds. The number of aromatic nitrogens is 1. The molecule has 8 heteroatoms. The Bertz CT molecular complexity index is 833. The van der Waals surface area contributed by atoms with E-state index in [1.807, 2.05) is 24.3 Å². The van der Waals surface area contributed by atoms with Crippen molar-refractivity contribution in [3.63, 3.8) is 0 Å². The summed E-state index contributed by atoms with van der Waals surface area (Å²) in [4.78, 5) is 6.44. The largest absolute Gasteiger partial charge is 0.495 e. The quantitative estimate of drug-likeness (QED) is 0.842. The number of ether oxygens (including phenoxy) is 1. The van der Waals surface area contributed by atoms with Gasteiger partial charge in [0.15, 0.2) is 0 Å². The molecule has 3 N–H and O–H groups in total. The summed E-state index contributed by atoms with van der Waals surface area (Å²) < 4.78 is 28.8. The van der Waals surface area contributed by atoms with Crippen molar-refractivity contribution >= 4 is 21.5 Å². The van der Waals surface area contributed by atoms with Crippen molar-refractivity contribution in [1.29, 1.82) is 0 Å². The maximum Gasteiger partial charge on any atom is 0.241 e. The lowest BCUT2D eigenvalue weighted by atomic mass is 10.0. The zero-order valence-corrected chi connectivity index (χ0v) is 14.9. The van der Waals surface area contributed by atoms with E-state index < -0.39 is 10.0 Å². The number of nitrogens with zero attached hydrogens (tertiary/aromatic N) is 2. The molecule has 3 rings (SSSR count). The average Bonchev–Trinajstić information content (AvgIpc) is 2.62. The first-order chi connectivity index (χ1) is 12.0. The lowest BCUT2D eigenvalue weighted by Gasteiger charge is -2.35. The Morgan fingerprint density at radius 2 is 1.92 bits per heavy atom. The molecule has 0 atom stereocenters. The zero-order chi connectivity index (χ0) is 17.9. The van der Waals surface area contributed by atoms with Gasteiger partial charge in [-0.15, -0.1) is 0 Å². The summed E-state index contributed by atoms with van der Waals surface area (Å²) in [7, 11) is -2.13. The van der Waals surface area contributed by atoms with Crippen LogP contribution in [-0.2, 0) is 10.0 Å². The molecule has 25 heavy (non-hydrogen) atoms. The van der Waals surface area contributed by atoms with E-state index in [1.54, 1.807) is 19.4 Å². The minimum absolute atomic E-state index is 0.0298. The van der Waals surface area contributed by atoms with Gasteiger partial charge in [0.05, 0.1) is 12.8 Å². The monoisotopic (exact) mass is 362 g/mol. The molecule has 2 heterocycles. The Morgan fingerprint density at radius 3 is 2.60 bits per heavy atom. The molecule has 2 aromatic rings. The van der Waals surface area contributed by atoms with E-state index in [-0.39, 0.29) is 10.9 Å². The highest BCUT2D eigenvalue weighted by Crippen LogP contribution is 2.30. The molecule has 0 saturated carbocycles. The van der Waals surface area contributed by atoms with Crippen molar-refractivity contribution in [2.75, 3.05) is 30.4 Å². The lowest BCUT2D eigenvalue weighted by molar-refractivity contribution is 0.411. The smallest absolute Gasteiger partial charge is 0.241 e. The van der Waals surface area contributed by atoms with Gasteiger partial charge in [0, 0.05) is 25.3 Å². The van der Waals surface area contributed by atoms with Gasteiger partial charge in [-0.25, -0.2) is 18.5 Å². The molecule has 1 aliphatic heterocycles. The van der Waals surface area contributed by atoms with Crippen LogP contribution in [0.4, 0.5) is 11.5 Å². The van der Waals surface area contributed by atoms with Gasteiger partial charge in [0.25, 0.3) is 0 Å². The van der Waals surface area contributed by atoms with Crippen LogP contribution in [0.25, 0.3) is 0 Å². The van der Waals surface area contributed by atoms with Crippen LogP contribution in [-0.4, -0.2) is 39.6 Å². The second-order valence-electron chi connectivity index (χ2n) is 5.97. The minimum Gasteiger partial charge on any atom is -0.495 e. The van der Waals surface area contributed by atoms with E-state index in [0.29, 0.717) is 5.82 Å². The number of hydrogen-bond donors (Lipinski definition) is 2. The number of pyridine rings is 1. The highest BCUT2D eigenvalue weighted by Gasteiger charge is 2.23. The number of para-hydroxylation sites is 2. The second-order valence-corrected chi connectivity index (χ2v) is 7.50. The molecule has 0 bridgehead atoms. The molecular formula is C17H22N4O3S. The van der Waals surface area contributed by atoms with Crippen LogP contribution in [0, 0.1) is 0 Å². The van der Waals surface area contributed by atoms with Crippen LogP contribution in [0.5, 0.6) is 5.75 Å². The Kier molecular flexibility index (Phi) is 5.10. The van der Waals surface area contributed by atoms with Crippen LogP contribution in [0.3, 0.4) is 0 Å². The first-order valence-electron chi connectivity index (χ1n) is 8.11. The summed E-state index contributed by atoms with van der Waals surface area (Å²) in [5.74, 6) is 1.18. The molecule has 0 radical (unpaired) electrons. The fourth-order valence-electron chi connectivity index (χ4n) is 3.08. The molecule has 1 aromatic carbocycles. The van der Waals surface area contributed by atoms with Gasteiger partial charge in [-0.3, -0.25) is 0 Å². The van der Waals surface area contributed by atoms with E-state index in [9.17, 15) is 8.42 Å². The molecule has 0 unspecified atom stereocenters. The predicted octanol–water partition coefficient (Wildman–Crippen LogP) is 1.82. The zero-order valence-electron chi connectivity index (χ0n) is 14.1. The third-order valence-electron chi connectivity index (χ3n) is 4.34. The number of anilines is 2. The standard InChI is InChI=1S/C17H22N4O3S/c1-24-15-6-3-2-5-14(15)21-11-8-13(9-12-21)20-17-16(25(18,22)23)7-4-10-19-17/h2-7,10,13H,8-9,11-12H2,1H3,(H,19,20)(H2,18,22,23). The molecule has 0 spiro atoms. The van der Waals surface area contributed by atoms with Crippen molar-refractivity contribution in [3.8, 4) is 5.75 Å². The number of nitrogens with two attached hydrogens (primary N) is 1. The van der Waals surface area contributed by atoms with Gasteiger partial charge in [0.2, 0.25) is 10.0 Å². The topological polar surface area (TPSA) is 97.5 Å². The number of rotatable bonds is 5. The van der Waals surface area contributed by atoms with Crippen LogP contribution >= 0.6 is 0 Å². The molecule has 1 aromatic heterocycles. The molecule has 1 aliphatic rings. The number of primary sulfonamides is 1. The fraction of sp³-hybridized carbons (Fsp3) is 0.353. The highest BCUT2D eigenvalue weighted by atomic mass is 32.2. The first-order valence-corrected chi connectivity index (χ1v) is 9.66. The number of benzene rings is 1. The molecule has 1 saturated heterocycles. The van der Waals surface area contributed by atoms with Gasteiger partial charge < -0.3 is 15.0 Å². The second kappa shape index (κ2) is 7.28. The van der Waals surface area contributed by atoms with Crippen LogP contribution in [0.15, 0.2) is 47.5 Å². The third-order valence-corrected chi connectivity index (χ3v) is 5.28. The molecular weight excluding hydrogens is 340 g/mol. The van der Waals surface area contributed by atoms with Gasteiger partial charge in [0.1, 0.15) is 16.5 Å². The van der Waals surface area contributed by atoms with E-state index >= 15 is 0 Å². The van der Waals surface area contributed by atoms with Gasteiger partial charge in [-0.2, -0.15) is 0 Å². The third kappa shape index (κ3) is 4.02. The van der Waals surface area contributed by atoms with E-state index in [4.69, 9.17) is 9.88 Å². The summed E-state index contributed by atoms with van der Waals surface area (Å²) in [6, 6.07) is 11.1. The van der Waals surface area contributed by atoms with Crippen LogP contribution in [0.1, 0.15) is 12.8 Å². The van der Waals surface area contributed by atoms with Gasteiger partial charge in [-0.05, 0) is 37.1 Å². The molecule has 134 valence electrons. The normalized spacial score (nSPS) is 15.8. The average molecular weight is 362 g/mol. The number of sulfonamides is 1. The van der Waals surface area contributed by atoms with Gasteiger partial charge >= 0.3 is 0 Å². The van der Waals surface area contributed by atoms with Crippen molar-refractivity contribution in [1.82, 2.24) is 4.98 Å². The van der Waals surface area contributed by atoms with E-state index in [1.165, 1.54) is 6.07 Å². The molecule has 7 nitrogen and oxygen atoms in total. The minimum atomic E-state index is -3.80. The van der Waals surface area contributed by atoms with Crippen LogP contribution in [0.2, 0.25) is 0 Å². The fourth-order valence-corrected chi connectivity index (χ4v) is 3.73. The van der Waals surface area contributed by atoms with E-state index in [0.717, 1.165) is 37.4 Å². The van der Waals surface area contributed by atoms with Crippen LogP contribution < -0.4 is 20.1 Å². The summed E-state index contributed by atoms with van der Waals surface area (Å²) >= 11 is 0. The summed E-state index contributed by atoms with van der Waals surface area (Å²) in [6.45, 7) is 1.69. The van der Waals surface area contributed by atoms with E-state index in [2.05, 4.69) is 15.2 Å². The molecule has 1 fully saturated rings. The van der Waals surface area contributed by atoms with Crippen molar-refractivity contribution in [2.45, 2.75) is 23.8 Å². The summed E-state index contributed by atoms with van der Waals surface area (Å²) in [5, 5.41) is 8.49. The number of nitrogens with one attached hydrogen (secondary N) is 1. The highest BCUT2D eigenvalue weighted by molar-refractivity contribution is 7.89. The number of piperidine rings is 1. The SMILES string of the molecule is COc1ccccc1N1CCC(Nc2ncccc2S(N)(=O)=O)CC1. The number of methoxy groups -OCH3 is 1. The first kappa shape index (κ1) is 17.5. The Morgan fingerprint density at radius 1 is 1.20 bits per heavy atom. The predicted molar refractivity (Wildman–Crippen MR) is 97.5 cm³/mol. The Balaban J connectivity index is 1.68. The maximum absolute atomic E-state index is 11.7. The van der Waals surface area contributed by atoms with Gasteiger partial charge in [-0.1, -0.05) is 12.1 Å².